The average molecular weight is 272 g/mol. The summed E-state index contributed by atoms with van der Waals surface area (Å²) < 4.78 is 0. The number of nitrogens with one attached hydrogen (secondary N) is 1. The second-order valence-corrected chi connectivity index (χ2v) is 6.10. The van der Waals surface area contributed by atoms with Gasteiger partial charge in [-0.1, -0.05) is 43.2 Å². The van der Waals surface area contributed by atoms with Gasteiger partial charge in [0.05, 0.1) is 6.54 Å². The second-order valence-electron chi connectivity index (χ2n) is 6.10. The molecule has 1 amide bonds. The first-order chi connectivity index (χ1) is 9.83. The zero-order valence-electron chi connectivity index (χ0n) is 12.1. The summed E-state index contributed by atoms with van der Waals surface area (Å²) >= 11 is 0. The summed E-state index contributed by atoms with van der Waals surface area (Å²) in [7, 11) is 0. The van der Waals surface area contributed by atoms with Crippen molar-refractivity contribution in [2.24, 2.45) is 0 Å². The smallest absolute Gasteiger partial charge is 0.236 e. The van der Waals surface area contributed by atoms with Crippen LogP contribution in [0.15, 0.2) is 30.3 Å². The van der Waals surface area contributed by atoms with Crippen molar-refractivity contribution in [3.8, 4) is 0 Å². The minimum absolute atomic E-state index is 0.273. The molecule has 20 heavy (non-hydrogen) atoms. The summed E-state index contributed by atoms with van der Waals surface area (Å²) in [5.41, 5.74) is 1.37. The number of carbonyl (C=O) groups excluding carboxylic acids is 1. The van der Waals surface area contributed by atoms with Crippen LogP contribution in [0.4, 0.5) is 0 Å². The van der Waals surface area contributed by atoms with E-state index in [4.69, 9.17) is 0 Å². The molecule has 3 rings (SSSR count). The Hall–Kier alpha value is -1.35. The molecule has 1 aromatic rings. The average Bonchev–Trinajstić information content (AvgIpc) is 3.17. The van der Waals surface area contributed by atoms with Crippen molar-refractivity contribution < 1.29 is 4.79 Å². The molecule has 1 aliphatic carbocycles. The van der Waals surface area contributed by atoms with Crippen molar-refractivity contribution in [1.29, 1.82) is 0 Å². The van der Waals surface area contributed by atoms with Gasteiger partial charge in [0.25, 0.3) is 0 Å². The van der Waals surface area contributed by atoms with Gasteiger partial charge in [0.1, 0.15) is 0 Å². The molecule has 3 nitrogen and oxygen atoms in total. The van der Waals surface area contributed by atoms with Crippen LogP contribution in [0.1, 0.15) is 43.6 Å². The van der Waals surface area contributed by atoms with Crippen molar-refractivity contribution in [2.75, 3.05) is 19.6 Å². The summed E-state index contributed by atoms with van der Waals surface area (Å²) in [5.74, 6) is 0.793. The summed E-state index contributed by atoms with van der Waals surface area (Å²) in [4.78, 5) is 14.3. The molecule has 2 fully saturated rings. The first-order valence-corrected chi connectivity index (χ1v) is 7.89. The van der Waals surface area contributed by atoms with E-state index in [1.807, 2.05) is 11.0 Å². The van der Waals surface area contributed by atoms with Crippen LogP contribution in [0.5, 0.6) is 0 Å². The molecule has 2 aliphatic rings. The third kappa shape index (κ3) is 3.21. The lowest BCUT2D eigenvalue weighted by Crippen LogP contribution is -2.39. The van der Waals surface area contributed by atoms with E-state index in [0.29, 0.717) is 18.5 Å². The molecule has 0 aromatic heterocycles. The Kier molecular flexibility index (Phi) is 4.36. The molecule has 1 aliphatic heterocycles. The van der Waals surface area contributed by atoms with E-state index in [0.717, 1.165) is 19.5 Å². The highest BCUT2D eigenvalue weighted by Crippen LogP contribution is 2.26. The van der Waals surface area contributed by atoms with E-state index in [-0.39, 0.29) is 5.91 Å². The van der Waals surface area contributed by atoms with E-state index in [9.17, 15) is 4.79 Å². The van der Waals surface area contributed by atoms with Gasteiger partial charge in [-0.05, 0) is 24.8 Å². The van der Waals surface area contributed by atoms with Gasteiger partial charge in [-0.15, -0.1) is 0 Å². The minimum atomic E-state index is 0.273. The standard InChI is InChI=1S/C17H24N2O/c20-17(12-18-16-8-4-5-9-16)19-11-10-15(13-19)14-6-2-1-3-7-14/h1-3,6-7,15-16,18H,4-5,8-13H2. The highest BCUT2D eigenvalue weighted by molar-refractivity contribution is 5.78. The zero-order valence-corrected chi connectivity index (χ0v) is 12.1. The largest absolute Gasteiger partial charge is 0.341 e. The molecular formula is C17H24N2O. The fourth-order valence-corrected chi connectivity index (χ4v) is 3.46. The molecule has 1 N–H and O–H groups in total. The normalized spacial score (nSPS) is 23.4. The third-order valence-corrected chi connectivity index (χ3v) is 4.71. The lowest BCUT2D eigenvalue weighted by molar-refractivity contribution is -0.129. The quantitative estimate of drug-likeness (QED) is 0.913. The lowest BCUT2D eigenvalue weighted by atomic mass is 9.99. The van der Waals surface area contributed by atoms with Crippen molar-refractivity contribution in [3.63, 3.8) is 0 Å². The molecule has 108 valence electrons. The maximum atomic E-state index is 12.2. The van der Waals surface area contributed by atoms with Crippen LogP contribution in [0, 0.1) is 0 Å². The summed E-state index contributed by atoms with van der Waals surface area (Å²) in [6.45, 7) is 2.31. The SMILES string of the molecule is O=C(CNC1CCCC1)N1CCC(c2ccccc2)C1. The Morgan fingerprint density at radius 1 is 1.15 bits per heavy atom. The number of carbonyl (C=O) groups is 1. The Morgan fingerprint density at radius 3 is 2.65 bits per heavy atom. The van der Waals surface area contributed by atoms with E-state index in [1.165, 1.54) is 31.2 Å². The van der Waals surface area contributed by atoms with Crippen molar-refractivity contribution in [1.82, 2.24) is 10.2 Å². The Labute approximate surface area is 121 Å². The topological polar surface area (TPSA) is 32.3 Å². The molecule has 1 heterocycles. The van der Waals surface area contributed by atoms with Crippen LogP contribution in [0.3, 0.4) is 0 Å². The van der Waals surface area contributed by atoms with Gasteiger partial charge in [-0.3, -0.25) is 4.79 Å². The number of hydrogen-bond donors (Lipinski definition) is 1. The van der Waals surface area contributed by atoms with Crippen LogP contribution >= 0.6 is 0 Å². The molecule has 0 bridgehead atoms. The van der Waals surface area contributed by atoms with E-state index in [2.05, 4.69) is 29.6 Å². The number of nitrogens with zero attached hydrogens (tertiary/aromatic N) is 1. The molecule has 1 unspecified atom stereocenters. The molecule has 1 saturated heterocycles. The number of amides is 1. The van der Waals surface area contributed by atoms with Gasteiger partial charge < -0.3 is 10.2 Å². The van der Waals surface area contributed by atoms with Crippen LogP contribution in [0.25, 0.3) is 0 Å². The first-order valence-electron chi connectivity index (χ1n) is 7.89. The van der Waals surface area contributed by atoms with Gasteiger partial charge in [-0.2, -0.15) is 0 Å². The van der Waals surface area contributed by atoms with Gasteiger partial charge >= 0.3 is 0 Å². The molecule has 1 aromatic carbocycles. The van der Waals surface area contributed by atoms with E-state index >= 15 is 0 Å². The molecule has 3 heteroatoms. The zero-order chi connectivity index (χ0) is 13.8. The lowest BCUT2D eigenvalue weighted by Gasteiger charge is -2.19. The number of hydrogen-bond acceptors (Lipinski definition) is 2. The Morgan fingerprint density at radius 2 is 1.90 bits per heavy atom. The van der Waals surface area contributed by atoms with Crippen LogP contribution in [0.2, 0.25) is 0 Å². The highest BCUT2D eigenvalue weighted by Gasteiger charge is 2.27. The van der Waals surface area contributed by atoms with Crippen molar-refractivity contribution in [3.05, 3.63) is 35.9 Å². The van der Waals surface area contributed by atoms with Crippen molar-refractivity contribution in [2.45, 2.75) is 44.1 Å². The maximum Gasteiger partial charge on any atom is 0.236 e. The second kappa shape index (κ2) is 6.40. The number of rotatable bonds is 4. The van der Waals surface area contributed by atoms with Crippen LogP contribution in [-0.4, -0.2) is 36.5 Å². The molecule has 0 spiro atoms. The van der Waals surface area contributed by atoms with Crippen LogP contribution in [-0.2, 0) is 4.79 Å². The van der Waals surface area contributed by atoms with Crippen molar-refractivity contribution >= 4 is 5.91 Å². The van der Waals surface area contributed by atoms with Gasteiger partial charge in [-0.25, -0.2) is 0 Å². The molecular weight excluding hydrogens is 248 g/mol. The summed E-state index contributed by atoms with van der Waals surface area (Å²) in [6.07, 6.45) is 6.19. The number of likely N-dealkylation sites (tertiary alicyclic amines) is 1. The summed E-state index contributed by atoms with van der Waals surface area (Å²) in [5, 5.41) is 3.42. The summed E-state index contributed by atoms with van der Waals surface area (Å²) in [6, 6.07) is 11.1. The van der Waals surface area contributed by atoms with Gasteiger partial charge in [0, 0.05) is 25.0 Å². The van der Waals surface area contributed by atoms with Crippen LogP contribution < -0.4 is 5.32 Å². The number of benzene rings is 1. The molecule has 1 atom stereocenters. The predicted octanol–water partition coefficient (Wildman–Crippen LogP) is 2.53. The monoisotopic (exact) mass is 272 g/mol. The Balaban J connectivity index is 1.48. The molecule has 0 radical (unpaired) electrons. The predicted molar refractivity (Wildman–Crippen MR) is 80.6 cm³/mol. The molecule has 1 saturated carbocycles. The fourth-order valence-electron chi connectivity index (χ4n) is 3.46. The minimum Gasteiger partial charge on any atom is -0.341 e. The third-order valence-electron chi connectivity index (χ3n) is 4.71. The first kappa shape index (κ1) is 13.6. The van der Waals surface area contributed by atoms with Gasteiger partial charge in [0.2, 0.25) is 5.91 Å². The fraction of sp³-hybridized carbons (Fsp3) is 0.588. The highest BCUT2D eigenvalue weighted by atomic mass is 16.2. The van der Waals surface area contributed by atoms with Gasteiger partial charge in [0.15, 0.2) is 0 Å². The van der Waals surface area contributed by atoms with E-state index in [1.54, 1.807) is 0 Å². The Bertz CT molecular complexity index is 440. The van der Waals surface area contributed by atoms with E-state index < -0.39 is 0 Å². The maximum absolute atomic E-state index is 12.2.